The maximum Gasteiger partial charge on any atom is 0.128 e. The highest BCUT2D eigenvalue weighted by Crippen LogP contribution is 2.26. The quantitative estimate of drug-likeness (QED) is 0.773. The molecule has 0 radical (unpaired) electrons. The van der Waals surface area contributed by atoms with Crippen molar-refractivity contribution in [2.24, 2.45) is 11.7 Å². The molecule has 0 amide bonds. The molecule has 0 aliphatic carbocycles. The zero-order valence-corrected chi connectivity index (χ0v) is 11.6. The van der Waals surface area contributed by atoms with E-state index in [2.05, 4.69) is 11.1 Å². The molecule has 1 aromatic heterocycles. The van der Waals surface area contributed by atoms with Crippen LogP contribution in [0.1, 0.15) is 19.5 Å². The summed E-state index contributed by atoms with van der Waals surface area (Å²) in [7, 11) is 0. The minimum atomic E-state index is -0.723. The van der Waals surface area contributed by atoms with Crippen LogP contribution in [0.3, 0.4) is 0 Å². The summed E-state index contributed by atoms with van der Waals surface area (Å²) in [6.07, 6.45) is -0.723. The molecule has 1 heterocycles. The van der Waals surface area contributed by atoms with Gasteiger partial charge in [-0.15, -0.1) is 0 Å². The van der Waals surface area contributed by atoms with Gasteiger partial charge in [0.1, 0.15) is 30.2 Å². The van der Waals surface area contributed by atoms with Gasteiger partial charge in [-0.05, 0) is 24.1 Å². The van der Waals surface area contributed by atoms with Gasteiger partial charge in [-0.1, -0.05) is 19.9 Å². The molecule has 106 valence electrons. The first kappa shape index (κ1) is 14.4. The van der Waals surface area contributed by atoms with E-state index in [1.807, 2.05) is 32.0 Å². The number of nitrogens with one attached hydrogen (secondary N) is 1. The number of fused-ring (bicyclic) bond motifs is 1. The van der Waals surface area contributed by atoms with Crippen molar-refractivity contribution in [1.29, 1.82) is 5.26 Å². The third-order valence-electron chi connectivity index (χ3n) is 3.37. The average molecular weight is 273 g/mol. The minimum absolute atomic E-state index is 0.130. The van der Waals surface area contributed by atoms with Crippen LogP contribution in [-0.2, 0) is 0 Å². The van der Waals surface area contributed by atoms with Crippen LogP contribution in [0.15, 0.2) is 24.3 Å². The Kier molecular flexibility index (Phi) is 4.28. The van der Waals surface area contributed by atoms with Crippen molar-refractivity contribution in [3.05, 3.63) is 30.0 Å². The summed E-state index contributed by atoms with van der Waals surface area (Å²) in [5.74, 6) is 0.817. The second kappa shape index (κ2) is 5.95. The highest BCUT2D eigenvalue weighted by Gasteiger charge is 2.19. The molecule has 0 aliphatic rings. The predicted octanol–water partition coefficient (Wildman–Crippen LogP) is 1.76. The molecule has 2 atom stereocenters. The number of ether oxygens (including phenoxy) is 1. The molecule has 1 aromatic carbocycles. The van der Waals surface area contributed by atoms with Gasteiger partial charge in [-0.3, -0.25) is 0 Å². The maximum atomic E-state index is 9.96. The summed E-state index contributed by atoms with van der Waals surface area (Å²) in [5, 5.41) is 19.7. The van der Waals surface area contributed by atoms with Crippen molar-refractivity contribution < 1.29 is 9.84 Å². The van der Waals surface area contributed by atoms with Crippen molar-refractivity contribution in [3.8, 4) is 11.8 Å². The number of nitrogens with two attached hydrogens (primary N) is 1. The maximum absolute atomic E-state index is 9.96. The van der Waals surface area contributed by atoms with Crippen molar-refractivity contribution >= 4 is 10.9 Å². The van der Waals surface area contributed by atoms with Crippen LogP contribution in [0.25, 0.3) is 10.9 Å². The fourth-order valence-electron chi connectivity index (χ4n) is 2.04. The van der Waals surface area contributed by atoms with E-state index in [1.165, 1.54) is 0 Å². The molecule has 0 aliphatic heterocycles. The molecule has 20 heavy (non-hydrogen) atoms. The lowest BCUT2D eigenvalue weighted by molar-refractivity contribution is 0.0722. The number of aromatic nitrogens is 1. The Morgan fingerprint density at radius 3 is 2.85 bits per heavy atom. The Morgan fingerprint density at radius 1 is 1.45 bits per heavy atom. The molecule has 0 spiro atoms. The summed E-state index contributed by atoms with van der Waals surface area (Å²) in [6.45, 7) is 4.05. The lowest BCUT2D eigenvalue weighted by Crippen LogP contribution is -2.42. The Bertz CT molecular complexity index is 628. The number of H-pyrrole nitrogens is 1. The number of nitriles is 1. The van der Waals surface area contributed by atoms with Gasteiger partial charge >= 0.3 is 0 Å². The topological polar surface area (TPSA) is 95.1 Å². The minimum Gasteiger partial charge on any atom is -0.490 e. The molecule has 2 aromatic rings. The summed E-state index contributed by atoms with van der Waals surface area (Å²) in [6, 6.07) is 8.99. The van der Waals surface area contributed by atoms with Crippen LogP contribution in [0.2, 0.25) is 0 Å². The lowest BCUT2D eigenvalue weighted by Gasteiger charge is -2.22. The van der Waals surface area contributed by atoms with Crippen LogP contribution in [0, 0.1) is 17.2 Å². The average Bonchev–Trinajstić information content (AvgIpc) is 2.87. The Hall–Kier alpha value is -2.03. The van der Waals surface area contributed by atoms with Crippen LogP contribution in [-0.4, -0.2) is 28.8 Å². The van der Waals surface area contributed by atoms with Crippen LogP contribution in [0.4, 0.5) is 0 Å². The number of aliphatic hydroxyl groups excluding tert-OH is 1. The molecule has 0 saturated heterocycles. The molecule has 0 unspecified atom stereocenters. The number of aliphatic hydroxyl groups is 1. The van der Waals surface area contributed by atoms with Gasteiger partial charge in [0.2, 0.25) is 0 Å². The number of aromatic amines is 1. The van der Waals surface area contributed by atoms with E-state index in [1.54, 1.807) is 6.07 Å². The highest BCUT2D eigenvalue weighted by atomic mass is 16.5. The fraction of sp³-hybridized carbons (Fsp3) is 0.400. The molecule has 5 nitrogen and oxygen atoms in total. The Labute approximate surface area is 118 Å². The van der Waals surface area contributed by atoms with Crippen molar-refractivity contribution in [1.82, 2.24) is 4.98 Å². The van der Waals surface area contributed by atoms with Crippen LogP contribution in [0.5, 0.6) is 5.75 Å². The monoisotopic (exact) mass is 273 g/mol. The molecule has 2 rings (SSSR count). The number of hydrogen-bond acceptors (Lipinski definition) is 4. The van der Waals surface area contributed by atoms with E-state index < -0.39 is 6.10 Å². The Balaban J connectivity index is 2.14. The van der Waals surface area contributed by atoms with E-state index in [-0.39, 0.29) is 18.6 Å². The zero-order valence-electron chi connectivity index (χ0n) is 11.6. The normalized spacial score (nSPS) is 14.2. The van der Waals surface area contributed by atoms with Gasteiger partial charge in [-0.25, -0.2) is 0 Å². The second-order valence-corrected chi connectivity index (χ2v) is 5.21. The summed E-state index contributed by atoms with van der Waals surface area (Å²) in [4.78, 5) is 2.99. The van der Waals surface area contributed by atoms with E-state index in [4.69, 9.17) is 15.7 Å². The molecule has 4 N–H and O–H groups in total. The molecule has 0 saturated carbocycles. The first-order valence-corrected chi connectivity index (χ1v) is 6.61. The third-order valence-corrected chi connectivity index (χ3v) is 3.37. The first-order chi connectivity index (χ1) is 9.52. The van der Waals surface area contributed by atoms with Crippen molar-refractivity contribution in [3.63, 3.8) is 0 Å². The van der Waals surface area contributed by atoms with E-state index in [9.17, 15) is 5.11 Å². The largest absolute Gasteiger partial charge is 0.490 e. The molecular formula is C15H19N3O2. The smallest absolute Gasteiger partial charge is 0.128 e. The summed E-state index contributed by atoms with van der Waals surface area (Å²) >= 11 is 0. The number of benzene rings is 1. The standard InChI is InChI=1S/C15H19N3O2/c1-9(2)15(17)13(19)8-20-14-5-3-4-12-11(14)6-10(7-16)18-12/h3-6,9,13,15,18-19H,8,17H2,1-2H3/t13-,15-/m1/s1. The first-order valence-electron chi connectivity index (χ1n) is 6.61. The van der Waals surface area contributed by atoms with Gasteiger partial charge in [0.15, 0.2) is 0 Å². The summed E-state index contributed by atoms with van der Waals surface area (Å²) < 4.78 is 5.65. The molecule has 0 fully saturated rings. The fourth-order valence-corrected chi connectivity index (χ4v) is 2.04. The van der Waals surface area contributed by atoms with Gasteiger partial charge in [0, 0.05) is 11.4 Å². The van der Waals surface area contributed by atoms with Crippen molar-refractivity contribution in [2.75, 3.05) is 6.61 Å². The zero-order chi connectivity index (χ0) is 14.7. The van der Waals surface area contributed by atoms with Crippen LogP contribution >= 0.6 is 0 Å². The molecule has 5 heteroatoms. The predicted molar refractivity (Wildman–Crippen MR) is 77.3 cm³/mol. The van der Waals surface area contributed by atoms with E-state index >= 15 is 0 Å². The number of nitrogens with zero attached hydrogens (tertiary/aromatic N) is 1. The lowest BCUT2D eigenvalue weighted by atomic mass is 10.0. The number of rotatable bonds is 5. The number of hydrogen-bond donors (Lipinski definition) is 3. The summed E-state index contributed by atoms with van der Waals surface area (Å²) in [5.41, 5.74) is 7.20. The molecule has 0 bridgehead atoms. The van der Waals surface area contributed by atoms with E-state index in [0.29, 0.717) is 11.4 Å². The third kappa shape index (κ3) is 2.93. The van der Waals surface area contributed by atoms with Gasteiger partial charge < -0.3 is 20.6 Å². The Morgan fingerprint density at radius 2 is 2.20 bits per heavy atom. The van der Waals surface area contributed by atoms with Gasteiger partial charge in [0.25, 0.3) is 0 Å². The van der Waals surface area contributed by atoms with Crippen LogP contribution < -0.4 is 10.5 Å². The van der Waals surface area contributed by atoms with Gasteiger partial charge in [-0.2, -0.15) is 5.26 Å². The SMILES string of the molecule is CC(C)[C@@H](N)[C@H](O)COc1cccc2[nH]c(C#N)cc12. The van der Waals surface area contributed by atoms with Crippen molar-refractivity contribution in [2.45, 2.75) is 26.0 Å². The second-order valence-electron chi connectivity index (χ2n) is 5.21. The highest BCUT2D eigenvalue weighted by molar-refractivity contribution is 5.87. The van der Waals surface area contributed by atoms with Gasteiger partial charge in [0.05, 0.1) is 5.52 Å². The molecular weight excluding hydrogens is 254 g/mol. The van der Waals surface area contributed by atoms with E-state index in [0.717, 1.165) is 10.9 Å².